The highest BCUT2D eigenvalue weighted by molar-refractivity contribution is 14.1. The molecule has 2 fully saturated rings. The van der Waals surface area contributed by atoms with Gasteiger partial charge >= 0.3 is 0 Å². The van der Waals surface area contributed by atoms with Gasteiger partial charge < -0.3 is 9.80 Å². The Balaban J connectivity index is 1.55. The van der Waals surface area contributed by atoms with Gasteiger partial charge in [0.1, 0.15) is 0 Å². The molecule has 130 valence electrons. The second kappa shape index (κ2) is 8.32. The number of rotatable bonds is 2. The van der Waals surface area contributed by atoms with E-state index in [1.807, 2.05) is 29.2 Å². The zero-order valence-electron chi connectivity index (χ0n) is 14.0. The number of hydrogen-bond acceptors (Lipinski definition) is 2. The van der Waals surface area contributed by atoms with Crippen LogP contribution < -0.4 is 0 Å². The van der Waals surface area contributed by atoms with E-state index >= 15 is 0 Å². The van der Waals surface area contributed by atoms with Gasteiger partial charge in [-0.15, -0.1) is 0 Å². The quantitative estimate of drug-likeness (QED) is 0.661. The van der Waals surface area contributed by atoms with Crippen molar-refractivity contribution in [2.24, 2.45) is 5.92 Å². The fourth-order valence-electron chi connectivity index (χ4n) is 3.68. The first-order valence-corrected chi connectivity index (χ1v) is 10.1. The van der Waals surface area contributed by atoms with Gasteiger partial charge in [0.05, 0.1) is 0 Å². The maximum Gasteiger partial charge on any atom is 0.253 e. The first-order chi connectivity index (χ1) is 11.6. The van der Waals surface area contributed by atoms with E-state index in [9.17, 15) is 9.59 Å². The number of carbonyl (C=O) groups excluding carboxylic acids is 2. The molecule has 2 aliphatic rings. The highest BCUT2D eigenvalue weighted by atomic mass is 127. The summed E-state index contributed by atoms with van der Waals surface area (Å²) in [6.45, 7) is 3.21. The third-order valence-corrected chi connectivity index (χ3v) is 5.79. The van der Waals surface area contributed by atoms with Crippen LogP contribution in [0, 0.1) is 9.49 Å². The van der Waals surface area contributed by atoms with Gasteiger partial charge in [-0.05, 0) is 66.5 Å². The lowest BCUT2D eigenvalue weighted by Gasteiger charge is -2.34. The summed E-state index contributed by atoms with van der Waals surface area (Å²) >= 11 is 2.23. The van der Waals surface area contributed by atoms with E-state index in [0.717, 1.165) is 47.9 Å². The van der Waals surface area contributed by atoms with Crippen LogP contribution in [0.25, 0.3) is 0 Å². The average molecular weight is 440 g/mol. The Hall–Kier alpha value is -1.11. The van der Waals surface area contributed by atoms with Crippen LogP contribution >= 0.6 is 22.6 Å². The maximum absolute atomic E-state index is 12.7. The third-order valence-electron chi connectivity index (χ3n) is 5.12. The lowest BCUT2D eigenvalue weighted by molar-refractivity contribution is -0.136. The van der Waals surface area contributed by atoms with E-state index in [2.05, 4.69) is 27.5 Å². The third kappa shape index (κ3) is 4.29. The Labute approximate surface area is 157 Å². The summed E-state index contributed by atoms with van der Waals surface area (Å²) in [5.74, 6) is 0.510. The molecule has 3 rings (SSSR count). The van der Waals surface area contributed by atoms with Crippen LogP contribution in [0.2, 0.25) is 0 Å². The normalized spacial score (nSPS) is 19.9. The van der Waals surface area contributed by atoms with Crippen LogP contribution in [0.3, 0.4) is 0 Å². The van der Waals surface area contributed by atoms with Gasteiger partial charge in [-0.25, -0.2) is 0 Å². The molecule has 0 saturated carbocycles. The molecule has 2 saturated heterocycles. The summed E-state index contributed by atoms with van der Waals surface area (Å²) in [6, 6.07) is 7.71. The SMILES string of the molecule is O=C(c1cccc(I)c1)N1CCC(C(=O)N2CCCCCC2)CC1. The van der Waals surface area contributed by atoms with E-state index in [-0.39, 0.29) is 11.8 Å². The molecule has 0 radical (unpaired) electrons. The number of hydrogen-bond donors (Lipinski definition) is 0. The monoisotopic (exact) mass is 440 g/mol. The molecule has 1 aromatic rings. The number of benzene rings is 1. The first-order valence-electron chi connectivity index (χ1n) is 8.99. The number of nitrogens with zero attached hydrogens (tertiary/aromatic N) is 2. The fourth-order valence-corrected chi connectivity index (χ4v) is 4.23. The molecule has 0 bridgehead atoms. The number of carbonyl (C=O) groups is 2. The molecule has 2 amide bonds. The zero-order chi connectivity index (χ0) is 16.9. The van der Waals surface area contributed by atoms with Crippen LogP contribution in [0.5, 0.6) is 0 Å². The van der Waals surface area contributed by atoms with Gasteiger partial charge in [0.25, 0.3) is 5.91 Å². The lowest BCUT2D eigenvalue weighted by Crippen LogP contribution is -2.44. The Morgan fingerprint density at radius 1 is 0.917 bits per heavy atom. The summed E-state index contributed by atoms with van der Waals surface area (Å²) in [5, 5.41) is 0. The van der Waals surface area contributed by atoms with E-state index in [1.54, 1.807) is 0 Å². The summed E-state index contributed by atoms with van der Waals surface area (Å²) in [7, 11) is 0. The Kier molecular flexibility index (Phi) is 6.14. The molecule has 1 aromatic carbocycles. The molecule has 2 aliphatic heterocycles. The predicted octanol–water partition coefficient (Wildman–Crippen LogP) is 3.55. The molecule has 5 heteroatoms. The standard InChI is InChI=1S/C19H25IN2O2/c20-17-7-5-6-16(14-17)19(24)22-12-8-15(9-13-22)18(23)21-10-3-1-2-4-11-21/h5-7,14-15H,1-4,8-13H2. The van der Waals surface area contributed by atoms with Crippen molar-refractivity contribution >= 4 is 34.4 Å². The van der Waals surface area contributed by atoms with E-state index in [1.165, 1.54) is 12.8 Å². The van der Waals surface area contributed by atoms with Crippen molar-refractivity contribution in [1.29, 1.82) is 0 Å². The van der Waals surface area contributed by atoms with Gasteiger partial charge in [0, 0.05) is 41.2 Å². The minimum absolute atomic E-state index is 0.0918. The van der Waals surface area contributed by atoms with E-state index in [0.29, 0.717) is 19.0 Å². The minimum Gasteiger partial charge on any atom is -0.342 e. The smallest absolute Gasteiger partial charge is 0.253 e. The van der Waals surface area contributed by atoms with Crippen LogP contribution in [0.1, 0.15) is 48.9 Å². The molecule has 24 heavy (non-hydrogen) atoms. The summed E-state index contributed by atoms with van der Waals surface area (Å²) in [4.78, 5) is 29.3. The predicted molar refractivity (Wildman–Crippen MR) is 103 cm³/mol. The van der Waals surface area contributed by atoms with Crippen molar-refractivity contribution in [1.82, 2.24) is 9.80 Å². The van der Waals surface area contributed by atoms with Crippen LogP contribution in [-0.2, 0) is 4.79 Å². The molecule has 0 unspecified atom stereocenters. The van der Waals surface area contributed by atoms with Crippen molar-refractivity contribution in [3.63, 3.8) is 0 Å². The van der Waals surface area contributed by atoms with Gasteiger partial charge in [0.2, 0.25) is 5.91 Å². The summed E-state index contributed by atoms with van der Waals surface area (Å²) in [6.07, 6.45) is 6.35. The molecule has 0 aromatic heterocycles. The van der Waals surface area contributed by atoms with Gasteiger partial charge in [-0.3, -0.25) is 9.59 Å². The van der Waals surface area contributed by atoms with Crippen molar-refractivity contribution in [3.8, 4) is 0 Å². The Morgan fingerprint density at radius 3 is 2.21 bits per heavy atom. The number of likely N-dealkylation sites (tertiary alicyclic amines) is 2. The molecule has 0 spiro atoms. The minimum atomic E-state index is 0.0918. The molecular weight excluding hydrogens is 415 g/mol. The topological polar surface area (TPSA) is 40.6 Å². The molecule has 0 N–H and O–H groups in total. The zero-order valence-corrected chi connectivity index (χ0v) is 16.2. The second-order valence-corrected chi connectivity index (χ2v) is 8.06. The average Bonchev–Trinajstić information content (AvgIpc) is 2.90. The van der Waals surface area contributed by atoms with Crippen molar-refractivity contribution in [2.45, 2.75) is 38.5 Å². The largest absolute Gasteiger partial charge is 0.342 e. The van der Waals surface area contributed by atoms with Gasteiger partial charge in [-0.2, -0.15) is 0 Å². The number of amides is 2. The fraction of sp³-hybridized carbons (Fsp3) is 0.579. The van der Waals surface area contributed by atoms with Gasteiger partial charge in [0.15, 0.2) is 0 Å². The summed E-state index contributed by atoms with van der Waals surface area (Å²) in [5.41, 5.74) is 0.749. The molecule has 2 heterocycles. The van der Waals surface area contributed by atoms with Crippen LogP contribution in [0.15, 0.2) is 24.3 Å². The second-order valence-electron chi connectivity index (χ2n) is 6.82. The lowest BCUT2D eigenvalue weighted by atomic mass is 9.94. The molecular formula is C19H25IN2O2. The van der Waals surface area contributed by atoms with Crippen molar-refractivity contribution < 1.29 is 9.59 Å². The Morgan fingerprint density at radius 2 is 1.58 bits per heavy atom. The molecule has 0 aliphatic carbocycles. The highest BCUT2D eigenvalue weighted by Gasteiger charge is 2.30. The summed E-state index contributed by atoms with van der Waals surface area (Å²) < 4.78 is 1.07. The first kappa shape index (κ1) is 17.7. The highest BCUT2D eigenvalue weighted by Crippen LogP contribution is 2.23. The van der Waals surface area contributed by atoms with E-state index < -0.39 is 0 Å². The van der Waals surface area contributed by atoms with Crippen LogP contribution in [0.4, 0.5) is 0 Å². The maximum atomic E-state index is 12.7. The number of piperidine rings is 1. The van der Waals surface area contributed by atoms with E-state index in [4.69, 9.17) is 0 Å². The van der Waals surface area contributed by atoms with Crippen molar-refractivity contribution in [2.75, 3.05) is 26.2 Å². The van der Waals surface area contributed by atoms with Gasteiger partial charge in [-0.1, -0.05) is 18.9 Å². The number of halogens is 1. The Bertz CT molecular complexity index is 589. The van der Waals surface area contributed by atoms with Crippen LogP contribution in [-0.4, -0.2) is 47.8 Å². The molecule has 0 atom stereocenters. The van der Waals surface area contributed by atoms with Crippen molar-refractivity contribution in [3.05, 3.63) is 33.4 Å². The molecule has 4 nitrogen and oxygen atoms in total.